The molecule has 0 bridgehead atoms. The molecule has 2 aliphatic heterocycles. The summed E-state index contributed by atoms with van der Waals surface area (Å²) in [5.74, 6) is -0.317. The molecule has 0 amide bonds. The largest absolute Gasteiger partial charge is 0.478 e. The molecular formula is C23H36N2O4S. The molecule has 0 saturated carbocycles. The molecule has 3 rings (SSSR count). The zero-order valence-electron chi connectivity index (χ0n) is 18.3. The lowest BCUT2D eigenvalue weighted by atomic mass is 9.85. The summed E-state index contributed by atoms with van der Waals surface area (Å²) in [5, 5.41) is 9.79. The SMILES string of the molecule is CCCC1CC(CCC)CN(S(=O)(=O)c2ccc(N3CCCCC3)c(C(=O)O)c2)C1. The van der Waals surface area contributed by atoms with Crippen molar-refractivity contribution < 1.29 is 18.3 Å². The number of anilines is 1. The molecule has 30 heavy (non-hydrogen) atoms. The van der Waals surface area contributed by atoms with Gasteiger partial charge in [0, 0.05) is 26.2 Å². The van der Waals surface area contributed by atoms with Crippen molar-refractivity contribution in [1.82, 2.24) is 4.31 Å². The molecule has 0 radical (unpaired) electrons. The highest BCUT2D eigenvalue weighted by molar-refractivity contribution is 7.89. The van der Waals surface area contributed by atoms with E-state index in [1.54, 1.807) is 16.4 Å². The van der Waals surface area contributed by atoms with Gasteiger partial charge in [0.05, 0.1) is 16.1 Å². The zero-order valence-corrected chi connectivity index (χ0v) is 19.2. The Labute approximate surface area is 181 Å². The number of nitrogens with zero attached hydrogens (tertiary/aromatic N) is 2. The molecule has 2 fully saturated rings. The van der Waals surface area contributed by atoms with Gasteiger partial charge in [0.2, 0.25) is 10.0 Å². The Bertz CT molecular complexity index is 820. The van der Waals surface area contributed by atoms with Gasteiger partial charge in [-0.3, -0.25) is 0 Å². The van der Waals surface area contributed by atoms with E-state index in [9.17, 15) is 18.3 Å². The molecule has 2 heterocycles. The standard InChI is InChI=1S/C23H36N2O4S/c1-3-8-18-14-19(9-4-2)17-25(16-18)30(28,29)20-10-11-22(21(15-20)23(26)27)24-12-6-5-7-13-24/h10-11,15,18-19H,3-9,12-14,16-17H2,1-2H3,(H,26,27). The Balaban J connectivity index is 1.90. The quantitative estimate of drug-likeness (QED) is 0.644. The molecule has 2 unspecified atom stereocenters. The fraction of sp³-hybridized carbons (Fsp3) is 0.696. The molecule has 6 nitrogen and oxygen atoms in total. The summed E-state index contributed by atoms with van der Waals surface area (Å²) in [5.41, 5.74) is 0.720. The lowest BCUT2D eigenvalue weighted by molar-refractivity contribution is 0.0697. The van der Waals surface area contributed by atoms with Gasteiger partial charge in [-0.2, -0.15) is 4.31 Å². The van der Waals surface area contributed by atoms with Crippen LogP contribution < -0.4 is 4.90 Å². The lowest BCUT2D eigenvalue weighted by Crippen LogP contribution is -2.44. The highest BCUT2D eigenvalue weighted by Gasteiger charge is 2.35. The number of piperidine rings is 2. The van der Waals surface area contributed by atoms with Crippen LogP contribution in [0, 0.1) is 11.8 Å². The highest BCUT2D eigenvalue weighted by Crippen LogP contribution is 2.33. The van der Waals surface area contributed by atoms with Crippen molar-refractivity contribution in [3.63, 3.8) is 0 Å². The minimum atomic E-state index is -3.72. The van der Waals surface area contributed by atoms with Crippen LogP contribution in [0.1, 0.15) is 75.6 Å². The van der Waals surface area contributed by atoms with E-state index >= 15 is 0 Å². The number of hydrogen-bond donors (Lipinski definition) is 1. The molecular weight excluding hydrogens is 400 g/mol. The van der Waals surface area contributed by atoms with E-state index in [2.05, 4.69) is 18.7 Å². The van der Waals surface area contributed by atoms with Crippen LogP contribution in [0.3, 0.4) is 0 Å². The first kappa shape index (κ1) is 23.1. The Morgan fingerprint density at radius 1 is 1.03 bits per heavy atom. The summed E-state index contributed by atoms with van der Waals surface area (Å²) in [6.07, 6.45) is 8.45. The first-order chi connectivity index (χ1) is 14.4. The Morgan fingerprint density at radius 2 is 1.63 bits per heavy atom. The van der Waals surface area contributed by atoms with Crippen LogP contribution in [0.4, 0.5) is 5.69 Å². The fourth-order valence-electron chi connectivity index (χ4n) is 5.11. The Kier molecular flexibility index (Phi) is 7.80. The minimum Gasteiger partial charge on any atom is -0.478 e. The highest BCUT2D eigenvalue weighted by atomic mass is 32.2. The summed E-state index contributed by atoms with van der Waals surface area (Å²) < 4.78 is 28.5. The van der Waals surface area contributed by atoms with Crippen molar-refractivity contribution >= 4 is 21.7 Å². The third kappa shape index (κ3) is 5.17. The average molecular weight is 437 g/mol. The molecule has 168 valence electrons. The van der Waals surface area contributed by atoms with Crippen LogP contribution >= 0.6 is 0 Å². The van der Waals surface area contributed by atoms with E-state index in [1.165, 1.54) is 6.07 Å². The molecule has 2 saturated heterocycles. The monoisotopic (exact) mass is 436 g/mol. The number of benzene rings is 1. The van der Waals surface area contributed by atoms with Gasteiger partial charge in [0.15, 0.2) is 0 Å². The summed E-state index contributed by atoms with van der Waals surface area (Å²) >= 11 is 0. The number of rotatable bonds is 8. The second kappa shape index (κ2) is 10.1. The van der Waals surface area contributed by atoms with Crippen molar-refractivity contribution in [2.24, 2.45) is 11.8 Å². The van der Waals surface area contributed by atoms with Gasteiger partial charge in [-0.05, 0) is 68.6 Å². The summed E-state index contributed by atoms with van der Waals surface area (Å²) in [4.78, 5) is 14.1. The van der Waals surface area contributed by atoms with Gasteiger partial charge >= 0.3 is 5.97 Å². The number of sulfonamides is 1. The Morgan fingerprint density at radius 3 is 2.17 bits per heavy atom. The predicted molar refractivity (Wildman–Crippen MR) is 120 cm³/mol. The maximum Gasteiger partial charge on any atom is 0.337 e. The Hall–Kier alpha value is -1.60. The molecule has 1 aromatic carbocycles. The molecule has 1 aromatic rings. The lowest BCUT2D eigenvalue weighted by Gasteiger charge is -2.37. The maximum absolute atomic E-state index is 13.5. The van der Waals surface area contributed by atoms with E-state index in [4.69, 9.17) is 0 Å². The molecule has 0 aliphatic carbocycles. The normalized spacial score (nSPS) is 23.5. The van der Waals surface area contributed by atoms with Crippen LogP contribution in [0.15, 0.2) is 23.1 Å². The topological polar surface area (TPSA) is 77.9 Å². The van der Waals surface area contributed by atoms with Crippen molar-refractivity contribution in [1.29, 1.82) is 0 Å². The maximum atomic E-state index is 13.5. The first-order valence-corrected chi connectivity index (χ1v) is 12.9. The summed E-state index contributed by atoms with van der Waals surface area (Å²) in [6, 6.07) is 4.67. The molecule has 2 atom stereocenters. The van der Waals surface area contributed by atoms with Gasteiger partial charge in [-0.15, -0.1) is 0 Å². The van der Waals surface area contributed by atoms with Gasteiger partial charge in [-0.1, -0.05) is 26.7 Å². The number of carboxylic acids is 1. The van der Waals surface area contributed by atoms with Crippen molar-refractivity contribution in [2.45, 2.75) is 70.1 Å². The van der Waals surface area contributed by atoms with E-state index < -0.39 is 16.0 Å². The molecule has 0 aromatic heterocycles. The fourth-order valence-corrected chi connectivity index (χ4v) is 6.73. The van der Waals surface area contributed by atoms with E-state index in [0.717, 1.165) is 64.5 Å². The van der Waals surface area contributed by atoms with Gasteiger partial charge in [0.25, 0.3) is 0 Å². The van der Waals surface area contributed by atoms with Gasteiger partial charge in [0.1, 0.15) is 0 Å². The van der Waals surface area contributed by atoms with Gasteiger partial charge < -0.3 is 10.0 Å². The van der Waals surface area contributed by atoms with Crippen LogP contribution in [-0.4, -0.2) is 50.0 Å². The van der Waals surface area contributed by atoms with Crippen molar-refractivity contribution in [3.8, 4) is 0 Å². The van der Waals surface area contributed by atoms with Gasteiger partial charge in [-0.25, -0.2) is 13.2 Å². The molecule has 1 N–H and O–H groups in total. The minimum absolute atomic E-state index is 0.0881. The van der Waals surface area contributed by atoms with Crippen LogP contribution in [0.5, 0.6) is 0 Å². The number of hydrogen-bond acceptors (Lipinski definition) is 4. The predicted octanol–water partition coefficient (Wildman–Crippen LogP) is 4.60. The number of carbonyl (C=O) groups is 1. The third-order valence-corrected chi connectivity index (χ3v) is 8.34. The van der Waals surface area contributed by atoms with E-state index in [-0.39, 0.29) is 10.5 Å². The van der Waals surface area contributed by atoms with E-state index in [0.29, 0.717) is 30.6 Å². The number of carboxylic acid groups (broad SMARTS) is 1. The van der Waals surface area contributed by atoms with Crippen molar-refractivity contribution in [2.75, 3.05) is 31.1 Å². The van der Waals surface area contributed by atoms with Crippen LogP contribution in [0.25, 0.3) is 0 Å². The van der Waals surface area contributed by atoms with Crippen molar-refractivity contribution in [3.05, 3.63) is 23.8 Å². The first-order valence-electron chi connectivity index (χ1n) is 11.5. The van der Waals surface area contributed by atoms with E-state index in [1.807, 2.05) is 0 Å². The second-order valence-electron chi connectivity index (χ2n) is 8.90. The molecule has 7 heteroatoms. The molecule has 2 aliphatic rings. The second-order valence-corrected chi connectivity index (χ2v) is 10.8. The van der Waals surface area contributed by atoms with Crippen LogP contribution in [0.2, 0.25) is 0 Å². The number of aromatic carboxylic acids is 1. The average Bonchev–Trinajstić information content (AvgIpc) is 2.74. The summed E-state index contributed by atoms with van der Waals surface area (Å²) in [6.45, 7) is 6.98. The zero-order chi connectivity index (χ0) is 21.7. The smallest absolute Gasteiger partial charge is 0.337 e. The summed E-state index contributed by atoms with van der Waals surface area (Å²) in [7, 11) is -3.72. The van der Waals surface area contributed by atoms with Crippen LogP contribution in [-0.2, 0) is 10.0 Å². The third-order valence-electron chi connectivity index (χ3n) is 6.52. The molecule has 0 spiro atoms.